The molecule has 5 rings (SSSR count). The van der Waals surface area contributed by atoms with Crippen LogP contribution in [0.25, 0.3) is 21.3 Å². The molecule has 33 heavy (non-hydrogen) atoms. The number of rotatable bonds is 6. The van der Waals surface area contributed by atoms with Crippen molar-refractivity contribution in [3.8, 4) is 23.3 Å². The summed E-state index contributed by atoms with van der Waals surface area (Å²) in [5.41, 5.74) is 1.23. The lowest BCUT2D eigenvalue weighted by atomic mass is 10.0. The highest BCUT2D eigenvalue weighted by molar-refractivity contribution is 7.18. The molecule has 0 saturated heterocycles. The number of amides is 1. The summed E-state index contributed by atoms with van der Waals surface area (Å²) in [6.07, 6.45) is 1.37. The number of nitrogens with zero attached hydrogens (tertiary/aromatic N) is 5. The molecule has 1 aliphatic rings. The summed E-state index contributed by atoms with van der Waals surface area (Å²) in [4.78, 5) is 16.5. The van der Waals surface area contributed by atoms with E-state index in [1.807, 2.05) is 0 Å². The van der Waals surface area contributed by atoms with E-state index in [2.05, 4.69) is 32.6 Å². The summed E-state index contributed by atoms with van der Waals surface area (Å²) in [5.74, 6) is -0.344. The Kier molecular flexibility index (Phi) is 5.08. The lowest BCUT2D eigenvalue weighted by molar-refractivity contribution is -0.121. The van der Waals surface area contributed by atoms with Gasteiger partial charge in [-0.3, -0.25) is 4.79 Å². The second kappa shape index (κ2) is 8.08. The number of thiazole rings is 1. The van der Waals surface area contributed by atoms with Crippen LogP contribution in [0.15, 0.2) is 40.8 Å². The molecule has 0 unspecified atom stereocenters. The largest absolute Gasteiger partial charge is 0.424 e. The van der Waals surface area contributed by atoms with E-state index in [0.717, 1.165) is 0 Å². The van der Waals surface area contributed by atoms with E-state index in [1.165, 1.54) is 11.3 Å². The van der Waals surface area contributed by atoms with Crippen molar-refractivity contribution in [2.45, 2.75) is 31.2 Å². The zero-order valence-electron chi connectivity index (χ0n) is 17.1. The predicted octanol–water partition coefficient (Wildman–Crippen LogP) is 3.66. The molecule has 0 atom stereocenters. The average Bonchev–Trinajstić information content (AvgIpc) is 3.24. The van der Waals surface area contributed by atoms with Crippen molar-refractivity contribution >= 4 is 27.5 Å². The average molecular weight is 458 g/mol. The van der Waals surface area contributed by atoms with Gasteiger partial charge in [-0.05, 0) is 42.7 Å². The van der Waals surface area contributed by atoms with Crippen LogP contribution in [0.3, 0.4) is 0 Å². The molecule has 1 amide bonds. The highest BCUT2D eigenvalue weighted by Crippen LogP contribution is 2.35. The Morgan fingerprint density at radius 2 is 2.03 bits per heavy atom. The van der Waals surface area contributed by atoms with Crippen LogP contribution in [0.5, 0.6) is 0 Å². The van der Waals surface area contributed by atoms with Gasteiger partial charge >= 0.3 is 0 Å². The van der Waals surface area contributed by atoms with Crippen LogP contribution in [-0.4, -0.2) is 26.6 Å². The second-order valence-electron chi connectivity index (χ2n) is 7.76. The van der Waals surface area contributed by atoms with Crippen molar-refractivity contribution < 1.29 is 13.6 Å². The van der Waals surface area contributed by atoms with Gasteiger partial charge in [0.2, 0.25) is 17.7 Å². The van der Waals surface area contributed by atoms with Gasteiger partial charge in [-0.15, -0.1) is 21.5 Å². The van der Waals surface area contributed by atoms with Gasteiger partial charge in [0.15, 0.2) is 0 Å². The summed E-state index contributed by atoms with van der Waals surface area (Å²) >= 11 is 1.19. The SMILES string of the molecule is N#Cc1cccc(-c2ccc3nc(Cc4nnc(CC(=O)NC5(C#N)CC5)o4)sc3c2F)c1. The third-order valence-corrected chi connectivity index (χ3v) is 6.37. The monoisotopic (exact) mass is 458 g/mol. The molecule has 162 valence electrons. The molecular formula is C23H15FN6O2S. The van der Waals surface area contributed by atoms with Gasteiger partial charge in [-0.1, -0.05) is 12.1 Å². The number of hydrogen-bond donors (Lipinski definition) is 1. The quantitative estimate of drug-likeness (QED) is 0.467. The molecule has 1 N–H and O–H groups in total. The van der Waals surface area contributed by atoms with Crippen LogP contribution in [0.1, 0.15) is 35.2 Å². The van der Waals surface area contributed by atoms with Crippen molar-refractivity contribution in [1.82, 2.24) is 20.5 Å². The third-order valence-electron chi connectivity index (χ3n) is 5.31. The normalized spacial score (nSPS) is 13.9. The van der Waals surface area contributed by atoms with Crippen molar-refractivity contribution in [2.75, 3.05) is 0 Å². The molecule has 1 aliphatic carbocycles. The number of carbonyl (C=O) groups is 1. The molecule has 1 fully saturated rings. The minimum absolute atomic E-state index is 0.115. The van der Waals surface area contributed by atoms with Crippen LogP contribution in [-0.2, 0) is 17.6 Å². The molecule has 0 bridgehead atoms. The smallest absolute Gasteiger partial charge is 0.230 e. The van der Waals surface area contributed by atoms with Gasteiger partial charge in [0, 0.05) is 5.56 Å². The fourth-order valence-electron chi connectivity index (χ4n) is 3.46. The predicted molar refractivity (Wildman–Crippen MR) is 116 cm³/mol. The van der Waals surface area contributed by atoms with E-state index in [4.69, 9.17) is 14.9 Å². The summed E-state index contributed by atoms with van der Waals surface area (Å²) in [5, 5.41) is 29.3. The Hall–Kier alpha value is -4.15. The third kappa shape index (κ3) is 4.16. The van der Waals surface area contributed by atoms with Crippen LogP contribution in [0.4, 0.5) is 4.39 Å². The van der Waals surface area contributed by atoms with Crippen LogP contribution in [0, 0.1) is 28.5 Å². The Bertz CT molecular complexity index is 1470. The summed E-state index contributed by atoms with van der Waals surface area (Å²) in [7, 11) is 0. The van der Waals surface area contributed by atoms with Crippen LogP contribution >= 0.6 is 11.3 Å². The minimum Gasteiger partial charge on any atom is -0.424 e. The maximum atomic E-state index is 15.2. The molecule has 10 heteroatoms. The molecule has 2 heterocycles. The summed E-state index contributed by atoms with van der Waals surface area (Å²) in [6, 6.07) is 14.3. The second-order valence-corrected chi connectivity index (χ2v) is 8.84. The van der Waals surface area contributed by atoms with E-state index in [1.54, 1.807) is 36.4 Å². The van der Waals surface area contributed by atoms with Crippen molar-refractivity contribution in [3.63, 3.8) is 0 Å². The molecule has 8 nitrogen and oxygen atoms in total. The van der Waals surface area contributed by atoms with Crippen LogP contribution < -0.4 is 5.32 Å². The van der Waals surface area contributed by atoms with Crippen LogP contribution in [0.2, 0.25) is 0 Å². The maximum Gasteiger partial charge on any atom is 0.230 e. The lowest BCUT2D eigenvalue weighted by Gasteiger charge is -2.06. The Balaban J connectivity index is 1.33. The number of carbonyl (C=O) groups excluding carboxylic acids is 1. The van der Waals surface area contributed by atoms with E-state index < -0.39 is 11.4 Å². The Morgan fingerprint density at radius 3 is 2.79 bits per heavy atom. The van der Waals surface area contributed by atoms with Gasteiger partial charge in [-0.2, -0.15) is 10.5 Å². The Morgan fingerprint density at radius 1 is 1.21 bits per heavy atom. The first-order valence-corrected chi connectivity index (χ1v) is 10.9. The highest BCUT2D eigenvalue weighted by atomic mass is 32.1. The van der Waals surface area contributed by atoms with E-state index in [9.17, 15) is 4.79 Å². The fourth-order valence-corrected chi connectivity index (χ4v) is 4.45. The standard InChI is InChI=1S/C23H15FN6O2S/c24-21-15(14-3-1-2-13(8-14)11-25)4-5-16-22(21)33-20(27-16)10-19-30-29-18(32-19)9-17(31)28-23(12-26)6-7-23/h1-5,8H,6-7,9-10H2,(H,28,31). The minimum atomic E-state index is -0.750. The molecule has 4 aromatic rings. The summed E-state index contributed by atoms with van der Waals surface area (Å²) in [6.45, 7) is 0. The van der Waals surface area contributed by atoms with Gasteiger partial charge in [0.05, 0.1) is 34.3 Å². The number of aromatic nitrogens is 3. The molecule has 0 aliphatic heterocycles. The van der Waals surface area contributed by atoms with Gasteiger partial charge in [0.25, 0.3) is 0 Å². The highest BCUT2D eigenvalue weighted by Gasteiger charge is 2.44. The van der Waals surface area contributed by atoms with E-state index >= 15 is 4.39 Å². The number of nitrogens with one attached hydrogen (secondary N) is 1. The van der Waals surface area contributed by atoms with E-state index in [-0.39, 0.29) is 30.5 Å². The molecule has 0 spiro atoms. The first-order valence-electron chi connectivity index (χ1n) is 10.1. The number of halogens is 1. The van der Waals surface area contributed by atoms with Crippen molar-refractivity contribution in [3.05, 3.63) is 64.6 Å². The first kappa shape index (κ1) is 20.7. The van der Waals surface area contributed by atoms with E-state index in [0.29, 0.717) is 44.8 Å². The maximum absolute atomic E-state index is 15.2. The molecule has 2 aromatic carbocycles. The molecule has 1 saturated carbocycles. The topological polar surface area (TPSA) is 128 Å². The first-order chi connectivity index (χ1) is 16.0. The lowest BCUT2D eigenvalue weighted by Crippen LogP contribution is -2.36. The number of hydrogen-bond acceptors (Lipinski definition) is 8. The number of benzene rings is 2. The van der Waals surface area contributed by atoms with Gasteiger partial charge < -0.3 is 9.73 Å². The van der Waals surface area contributed by atoms with Crippen molar-refractivity contribution in [1.29, 1.82) is 10.5 Å². The molecule has 2 aromatic heterocycles. The number of nitriles is 2. The molecular weight excluding hydrogens is 443 g/mol. The van der Waals surface area contributed by atoms with Crippen molar-refractivity contribution in [2.24, 2.45) is 0 Å². The number of fused-ring (bicyclic) bond motifs is 1. The fraction of sp³-hybridized carbons (Fsp3) is 0.217. The Labute approximate surface area is 191 Å². The molecule has 0 radical (unpaired) electrons. The zero-order valence-corrected chi connectivity index (χ0v) is 17.9. The van der Waals surface area contributed by atoms with Gasteiger partial charge in [-0.25, -0.2) is 9.37 Å². The van der Waals surface area contributed by atoms with Gasteiger partial charge in [0.1, 0.15) is 22.8 Å². The summed E-state index contributed by atoms with van der Waals surface area (Å²) < 4.78 is 21.2. The zero-order chi connectivity index (χ0) is 23.0.